The second-order valence-electron chi connectivity index (χ2n) is 3.24. The van der Waals surface area contributed by atoms with E-state index in [1.807, 2.05) is 0 Å². The van der Waals surface area contributed by atoms with Crippen molar-refractivity contribution in [2.45, 2.75) is 12.7 Å². The number of rotatable bonds is 3. The fourth-order valence-electron chi connectivity index (χ4n) is 1.06. The Hall–Kier alpha value is -1.24. The molecule has 0 saturated carbocycles. The first-order valence-electron chi connectivity index (χ1n) is 4.70. The van der Waals surface area contributed by atoms with Gasteiger partial charge in [0.25, 0.3) is 0 Å². The molecule has 3 nitrogen and oxygen atoms in total. The monoisotopic (exact) mass is 310 g/mol. The first-order valence-corrected chi connectivity index (χ1v) is 5.49. The van der Waals surface area contributed by atoms with Crippen molar-refractivity contribution >= 4 is 22.0 Å². The molecule has 2 N–H and O–H groups in total. The molecule has 0 bridgehead atoms. The number of halogens is 4. The number of amides is 2. The summed E-state index contributed by atoms with van der Waals surface area (Å²) in [5, 5.41) is 4.05. The van der Waals surface area contributed by atoms with Crippen molar-refractivity contribution in [3.05, 3.63) is 34.3 Å². The predicted molar refractivity (Wildman–Crippen MR) is 60.4 cm³/mol. The number of carbonyl (C=O) groups is 1. The normalized spacial score (nSPS) is 11.1. The van der Waals surface area contributed by atoms with Crippen molar-refractivity contribution in [2.75, 3.05) is 6.54 Å². The number of nitrogens with one attached hydrogen (secondary N) is 2. The van der Waals surface area contributed by atoms with Crippen LogP contribution in [0.25, 0.3) is 0 Å². The predicted octanol–water partition coefficient (Wildman–Crippen LogP) is 2.81. The average Bonchev–Trinajstić information content (AvgIpc) is 2.24. The maximum atomic E-state index is 11.8. The highest BCUT2D eigenvalue weighted by Crippen LogP contribution is 2.15. The van der Waals surface area contributed by atoms with Gasteiger partial charge in [-0.1, -0.05) is 34.1 Å². The van der Waals surface area contributed by atoms with Gasteiger partial charge in [0.2, 0.25) is 0 Å². The summed E-state index contributed by atoms with van der Waals surface area (Å²) < 4.78 is 36.2. The Morgan fingerprint density at radius 1 is 1.24 bits per heavy atom. The molecule has 0 radical (unpaired) electrons. The highest BCUT2D eigenvalue weighted by molar-refractivity contribution is 9.10. The summed E-state index contributed by atoms with van der Waals surface area (Å²) in [5.41, 5.74) is 0.787. The fraction of sp³-hybridized carbons (Fsp3) is 0.300. The molecule has 94 valence electrons. The molecule has 0 atom stereocenters. The SMILES string of the molecule is O=C(NCc1ccccc1Br)NCC(F)(F)F. The Balaban J connectivity index is 2.36. The molecule has 0 saturated heterocycles. The van der Waals surface area contributed by atoms with Gasteiger partial charge in [-0.3, -0.25) is 0 Å². The number of hydrogen-bond donors (Lipinski definition) is 2. The minimum absolute atomic E-state index is 0.158. The van der Waals surface area contributed by atoms with Crippen LogP contribution in [0.5, 0.6) is 0 Å². The number of alkyl halides is 3. The Kier molecular flexibility index (Phi) is 4.80. The Labute approximate surface area is 105 Å². The van der Waals surface area contributed by atoms with Crippen molar-refractivity contribution < 1.29 is 18.0 Å². The average molecular weight is 311 g/mol. The van der Waals surface area contributed by atoms with E-state index in [4.69, 9.17) is 0 Å². The maximum Gasteiger partial charge on any atom is 0.405 e. The van der Waals surface area contributed by atoms with E-state index in [0.29, 0.717) is 0 Å². The smallest absolute Gasteiger partial charge is 0.334 e. The lowest BCUT2D eigenvalue weighted by molar-refractivity contribution is -0.122. The second kappa shape index (κ2) is 5.90. The van der Waals surface area contributed by atoms with Gasteiger partial charge in [-0.05, 0) is 11.6 Å². The number of hydrogen-bond acceptors (Lipinski definition) is 1. The van der Waals surface area contributed by atoms with E-state index in [0.717, 1.165) is 10.0 Å². The minimum Gasteiger partial charge on any atom is -0.334 e. The summed E-state index contributed by atoms with van der Waals surface area (Å²) in [6, 6.07) is 6.27. The molecule has 17 heavy (non-hydrogen) atoms. The van der Waals surface area contributed by atoms with Crippen molar-refractivity contribution in [2.24, 2.45) is 0 Å². The molecule has 0 heterocycles. The summed E-state index contributed by atoms with van der Waals surface area (Å²) in [6.07, 6.45) is -4.40. The molecule has 0 aliphatic heterocycles. The third kappa shape index (κ3) is 5.58. The molecule has 0 aliphatic rings. The van der Waals surface area contributed by atoms with E-state index >= 15 is 0 Å². The Bertz CT molecular complexity index is 395. The lowest BCUT2D eigenvalue weighted by atomic mass is 10.2. The molecule has 0 fully saturated rings. The summed E-state index contributed by atoms with van der Waals surface area (Å²) in [7, 11) is 0. The highest BCUT2D eigenvalue weighted by Gasteiger charge is 2.27. The Morgan fingerprint density at radius 2 is 1.88 bits per heavy atom. The van der Waals surface area contributed by atoms with Gasteiger partial charge >= 0.3 is 12.2 Å². The third-order valence-electron chi connectivity index (χ3n) is 1.85. The van der Waals surface area contributed by atoms with E-state index in [2.05, 4.69) is 21.2 Å². The van der Waals surface area contributed by atoms with Crippen LogP contribution in [0.2, 0.25) is 0 Å². The number of urea groups is 1. The molecule has 0 aliphatic carbocycles. The molecule has 0 spiro atoms. The fourth-order valence-corrected chi connectivity index (χ4v) is 1.49. The Morgan fingerprint density at radius 3 is 2.47 bits per heavy atom. The van der Waals surface area contributed by atoms with Gasteiger partial charge in [-0.25, -0.2) is 4.79 Å². The highest BCUT2D eigenvalue weighted by atomic mass is 79.9. The second-order valence-corrected chi connectivity index (χ2v) is 4.10. The van der Waals surface area contributed by atoms with Crippen LogP contribution in [0.15, 0.2) is 28.7 Å². The molecule has 2 amide bonds. The molecule has 1 aromatic rings. The van der Waals surface area contributed by atoms with E-state index < -0.39 is 18.8 Å². The lowest BCUT2D eigenvalue weighted by Crippen LogP contribution is -2.40. The number of benzene rings is 1. The van der Waals surface area contributed by atoms with Crippen molar-refractivity contribution in [1.82, 2.24) is 10.6 Å². The van der Waals surface area contributed by atoms with Crippen LogP contribution in [0.1, 0.15) is 5.56 Å². The third-order valence-corrected chi connectivity index (χ3v) is 2.62. The van der Waals surface area contributed by atoms with Crippen LogP contribution in [0, 0.1) is 0 Å². The van der Waals surface area contributed by atoms with Crippen molar-refractivity contribution in [3.8, 4) is 0 Å². The first kappa shape index (κ1) is 13.8. The molecular weight excluding hydrogens is 301 g/mol. The van der Waals surface area contributed by atoms with Crippen LogP contribution in [-0.4, -0.2) is 18.8 Å². The largest absolute Gasteiger partial charge is 0.405 e. The summed E-state index contributed by atoms with van der Waals surface area (Å²) in [4.78, 5) is 11.0. The van der Waals surface area contributed by atoms with Gasteiger partial charge in [-0.15, -0.1) is 0 Å². The number of carbonyl (C=O) groups excluding carboxylic acids is 1. The zero-order valence-corrected chi connectivity index (χ0v) is 10.2. The summed E-state index contributed by atoms with van der Waals surface area (Å²) in [5.74, 6) is 0. The first-order chi connectivity index (χ1) is 7.88. The standard InChI is InChI=1S/C10H10BrF3N2O/c11-8-4-2-1-3-7(8)5-15-9(17)16-6-10(12,13)14/h1-4H,5-6H2,(H2,15,16,17). The van der Waals surface area contributed by atoms with E-state index in [9.17, 15) is 18.0 Å². The van der Waals surface area contributed by atoms with Gasteiger partial charge in [0, 0.05) is 11.0 Å². The molecule has 0 aromatic heterocycles. The minimum atomic E-state index is -4.40. The zero-order chi connectivity index (χ0) is 12.9. The van der Waals surface area contributed by atoms with Crippen LogP contribution in [0.4, 0.5) is 18.0 Å². The molecule has 1 aromatic carbocycles. The molecule has 7 heteroatoms. The van der Waals surface area contributed by atoms with E-state index in [1.54, 1.807) is 29.6 Å². The van der Waals surface area contributed by atoms with Crippen LogP contribution in [-0.2, 0) is 6.54 Å². The summed E-state index contributed by atoms with van der Waals surface area (Å²) in [6.45, 7) is -1.18. The molecule has 1 rings (SSSR count). The van der Waals surface area contributed by atoms with E-state index in [1.165, 1.54) is 0 Å². The van der Waals surface area contributed by atoms with Gasteiger partial charge < -0.3 is 10.6 Å². The zero-order valence-electron chi connectivity index (χ0n) is 8.64. The van der Waals surface area contributed by atoms with E-state index in [-0.39, 0.29) is 6.54 Å². The van der Waals surface area contributed by atoms with Gasteiger partial charge in [0.05, 0.1) is 0 Å². The van der Waals surface area contributed by atoms with Gasteiger partial charge in [0.1, 0.15) is 6.54 Å². The topological polar surface area (TPSA) is 41.1 Å². The van der Waals surface area contributed by atoms with Crippen molar-refractivity contribution in [3.63, 3.8) is 0 Å². The lowest BCUT2D eigenvalue weighted by Gasteiger charge is -2.10. The van der Waals surface area contributed by atoms with Crippen LogP contribution in [0.3, 0.4) is 0 Å². The molecule has 0 unspecified atom stereocenters. The van der Waals surface area contributed by atoms with Crippen LogP contribution >= 0.6 is 15.9 Å². The van der Waals surface area contributed by atoms with Gasteiger partial charge in [0.15, 0.2) is 0 Å². The van der Waals surface area contributed by atoms with Crippen molar-refractivity contribution in [1.29, 1.82) is 0 Å². The summed E-state index contributed by atoms with van der Waals surface area (Å²) >= 11 is 3.27. The van der Waals surface area contributed by atoms with Gasteiger partial charge in [-0.2, -0.15) is 13.2 Å². The quantitative estimate of drug-likeness (QED) is 0.885. The maximum absolute atomic E-state index is 11.8. The molecular formula is C10H10BrF3N2O. The van der Waals surface area contributed by atoms with Crippen LogP contribution < -0.4 is 10.6 Å².